The molecule has 3 rings (SSSR count). The van der Waals surface area contributed by atoms with E-state index in [0.717, 1.165) is 28.4 Å². The van der Waals surface area contributed by atoms with E-state index < -0.39 is 0 Å². The first-order chi connectivity index (χ1) is 13.1. The number of hydrogen-bond donors (Lipinski definition) is 1. The highest BCUT2D eigenvalue weighted by molar-refractivity contribution is 5.96. The molecule has 1 aromatic heterocycles. The van der Waals surface area contributed by atoms with Crippen LogP contribution in [-0.4, -0.2) is 23.3 Å². The van der Waals surface area contributed by atoms with Gasteiger partial charge in [-0.1, -0.05) is 30.3 Å². The summed E-state index contributed by atoms with van der Waals surface area (Å²) in [5.41, 5.74) is 6.93. The second kappa shape index (κ2) is 8.36. The Morgan fingerprint density at radius 3 is 2.56 bits per heavy atom. The van der Waals surface area contributed by atoms with E-state index in [1.165, 1.54) is 0 Å². The lowest BCUT2D eigenvalue weighted by molar-refractivity contribution is 0.0954. The van der Waals surface area contributed by atoms with E-state index in [1.54, 1.807) is 6.21 Å². The number of hydrogen-bond acceptors (Lipinski definition) is 3. The SMILES string of the molecule is CCOc1ccccc1/C=N\NC(=O)c1cc(C)n(-c2ccccc2)c1C. The number of aromatic nitrogens is 1. The highest BCUT2D eigenvalue weighted by atomic mass is 16.5. The van der Waals surface area contributed by atoms with Gasteiger partial charge >= 0.3 is 0 Å². The molecule has 2 aromatic carbocycles. The Labute approximate surface area is 159 Å². The number of para-hydroxylation sites is 2. The summed E-state index contributed by atoms with van der Waals surface area (Å²) in [6.07, 6.45) is 1.60. The molecule has 0 aliphatic carbocycles. The molecule has 5 heteroatoms. The molecule has 27 heavy (non-hydrogen) atoms. The van der Waals surface area contributed by atoms with Crippen molar-refractivity contribution in [1.82, 2.24) is 9.99 Å². The molecule has 3 aromatic rings. The van der Waals surface area contributed by atoms with Gasteiger partial charge in [0.05, 0.1) is 18.4 Å². The molecule has 0 saturated heterocycles. The van der Waals surface area contributed by atoms with E-state index in [2.05, 4.69) is 15.1 Å². The van der Waals surface area contributed by atoms with E-state index >= 15 is 0 Å². The van der Waals surface area contributed by atoms with Gasteiger partial charge in [-0.15, -0.1) is 0 Å². The smallest absolute Gasteiger partial charge is 0.273 e. The van der Waals surface area contributed by atoms with E-state index in [9.17, 15) is 4.79 Å². The summed E-state index contributed by atoms with van der Waals surface area (Å²) < 4.78 is 7.62. The Morgan fingerprint density at radius 1 is 1.11 bits per heavy atom. The minimum absolute atomic E-state index is 0.240. The van der Waals surface area contributed by atoms with Gasteiger partial charge in [-0.05, 0) is 51.1 Å². The summed E-state index contributed by atoms with van der Waals surface area (Å²) in [6, 6.07) is 19.4. The van der Waals surface area contributed by atoms with E-state index in [4.69, 9.17) is 4.74 Å². The molecule has 0 bridgehead atoms. The number of carbonyl (C=O) groups is 1. The molecule has 5 nitrogen and oxygen atoms in total. The first-order valence-corrected chi connectivity index (χ1v) is 8.91. The number of carbonyl (C=O) groups excluding carboxylic acids is 1. The van der Waals surface area contributed by atoms with Gasteiger partial charge in [-0.2, -0.15) is 5.10 Å². The van der Waals surface area contributed by atoms with Gasteiger partial charge < -0.3 is 9.30 Å². The lowest BCUT2D eigenvalue weighted by Crippen LogP contribution is -2.18. The Bertz CT molecular complexity index is 959. The number of nitrogens with one attached hydrogen (secondary N) is 1. The number of nitrogens with zero attached hydrogens (tertiary/aromatic N) is 2. The fraction of sp³-hybridized carbons (Fsp3) is 0.182. The van der Waals surface area contributed by atoms with Gasteiger partial charge in [-0.3, -0.25) is 4.79 Å². The second-order valence-electron chi connectivity index (χ2n) is 6.13. The molecule has 0 saturated carbocycles. The summed E-state index contributed by atoms with van der Waals surface area (Å²) in [4.78, 5) is 12.6. The highest BCUT2D eigenvalue weighted by Gasteiger charge is 2.16. The van der Waals surface area contributed by atoms with Gasteiger partial charge in [-0.25, -0.2) is 5.43 Å². The summed E-state index contributed by atoms with van der Waals surface area (Å²) in [7, 11) is 0. The van der Waals surface area contributed by atoms with E-state index in [1.807, 2.05) is 81.4 Å². The topological polar surface area (TPSA) is 55.6 Å². The van der Waals surface area contributed by atoms with Gasteiger partial charge in [0.2, 0.25) is 0 Å². The molecule has 0 aliphatic rings. The fourth-order valence-electron chi connectivity index (χ4n) is 3.06. The molecule has 1 amide bonds. The van der Waals surface area contributed by atoms with Gasteiger partial charge in [0.1, 0.15) is 5.75 Å². The average Bonchev–Trinajstić information content (AvgIpc) is 2.98. The van der Waals surface area contributed by atoms with Crippen molar-refractivity contribution < 1.29 is 9.53 Å². The third kappa shape index (κ3) is 4.08. The zero-order valence-electron chi connectivity index (χ0n) is 15.8. The maximum atomic E-state index is 12.6. The average molecular weight is 361 g/mol. The Balaban J connectivity index is 1.78. The molecule has 1 heterocycles. The minimum Gasteiger partial charge on any atom is -0.493 e. The maximum Gasteiger partial charge on any atom is 0.273 e. The number of amides is 1. The molecular formula is C22H23N3O2. The Morgan fingerprint density at radius 2 is 1.81 bits per heavy atom. The number of hydrazone groups is 1. The molecule has 0 aliphatic heterocycles. The standard InChI is InChI=1S/C22H23N3O2/c1-4-27-21-13-9-8-10-18(21)15-23-24-22(26)20-14-16(2)25(17(20)3)19-11-6-5-7-12-19/h5-15H,4H2,1-3H3,(H,24,26)/b23-15-. The summed E-state index contributed by atoms with van der Waals surface area (Å²) in [5, 5.41) is 4.10. The van der Waals surface area contributed by atoms with Crippen molar-refractivity contribution in [3.8, 4) is 11.4 Å². The molecule has 0 atom stereocenters. The predicted molar refractivity (Wildman–Crippen MR) is 108 cm³/mol. The third-order valence-electron chi connectivity index (χ3n) is 4.28. The number of ether oxygens (including phenoxy) is 1. The summed E-state index contributed by atoms with van der Waals surface area (Å²) >= 11 is 0. The summed E-state index contributed by atoms with van der Waals surface area (Å²) in [5.74, 6) is 0.496. The molecule has 0 spiro atoms. The van der Waals surface area contributed by atoms with Crippen molar-refractivity contribution in [2.45, 2.75) is 20.8 Å². The normalized spacial score (nSPS) is 10.9. The van der Waals surface area contributed by atoms with Gasteiger partial charge in [0, 0.05) is 22.6 Å². The van der Waals surface area contributed by atoms with Crippen LogP contribution >= 0.6 is 0 Å². The number of benzene rings is 2. The number of rotatable bonds is 6. The zero-order chi connectivity index (χ0) is 19.2. The highest BCUT2D eigenvalue weighted by Crippen LogP contribution is 2.20. The minimum atomic E-state index is -0.240. The van der Waals surface area contributed by atoms with Crippen LogP contribution in [0.15, 0.2) is 65.8 Å². The molecule has 0 fully saturated rings. The lowest BCUT2D eigenvalue weighted by Gasteiger charge is -2.09. The monoisotopic (exact) mass is 361 g/mol. The van der Waals surface area contributed by atoms with Crippen LogP contribution in [0.1, 0.15) is 34.2 Å². The summed E-state index contributed by atoms with van der Waals surface area (Å²) in [6.45, 7) is 6.42. The van der Waals surface area contributed by atoms with Crippen molar-refractivity contribution in [2.24, 2.45) is 5.10 Å². The quantitative estimate of drug-likeness (QED) is 0.527. The van der Waals surface area contributed by atoms with Crippen LogP contribution < -0.4 is 10.2 Å². The van der Waals surface area contributed by atoms with Crippen molar-refractivity contribution in [1.29, 1.82) is 0 Å². The van der Waals surface area contributed by atoms with Crippen LogP contribution in [0, 0.1) is 13.8 Å². The van der Waals surface area contributed by atoms with Crippen molar-refractivity contribution in [2.75, 3.05) is 6.61 Å². The van der Waals surface area contributed by atoms with Crippen LogP contribution in [0.2, 0.25) is 0 Å². The van der Waals surface area contributed by atoms with Crippen LogP contribution in [0.3, 0.4) is 0 Å². The van der Waals surface area contributed by atoms with Crippen molar-refractivity contribution in [3.05, 3.63) is 83.2 Å². The van der Waals surface area contributed by atoms with Crippen LogP contribution in [0.25, 0.3) is 5.69 Å². The maximum absolute atomic E-state index is 12.6. The zero-order valence-corrected chi connectivity index (χ0v) is 15.8. The fourth-order valence-corrected chi connectivity index (χ4v) is 3.06. The van der Waals surface area contributed by atoms with Crippen molar-refractivity contribution in [3.63, 3.8) is 0 Å². The van der Waals surface area contributed by atoms with Crippen LogP contribution in [0.5, 0.6) is 5.75 Å². The number of aryl methyl sites for hydroxylation is 1. The van der Waals surface area contributed by atoms with Crippen LogP contribution in [-0.2, 0) is 0 Å². The Hall–Kier alpha value is -3.34. The molecule has 138 valence electrons. The lowest BCUT2D eigenvalue weighted by atomic mass is 10.2. The largest absolute Gasteiger partial charge is 0.493 e. The second-order valence-corrected chi connectivity index (χ2v) is 6.13. The molecule has 1 N–H and O–H groups in total. The van der Waals surface area contributed by atoms with Gasteiger partial charge in [0.15, 0.2) is 0 Å². The first-order valence-electron chi connectivity index (χ1n) is 8.91. The van der Waals surface area contributed by atoms with E-state index in [-0.39, 0.29) is 5.91 Å². The van der Waals surface area contributed by atoms with Crippen molar-refractivity contribution >= 4 is 12.1 Å². The molecule has 0 radical (unpaired) electrons. The molecule has 0 unspecified atom stereocenters. The van der Waals surface area contributed by atoms with E-state index in [0.29, 0.717) is 12.2 Å². The van der Waals surface area contributed by atoms with Crippen LogP contribution in [0.4, 0.5) is 0 Å². The predicted octanol–water partition coefficient (Wildman–Crippen LogP) is 4.26. The molecular weight excluding hydrogens is 338 g/mol. The first kappa shape index (κ1) is 18.5. The third-order valence-corrected chi connectivity index (χ3v) is 4.28. The van der Waals surface area contributed by atoms with Gasteiger partial charge in [0.25, 0.3) is 5.91 Å². The Kier molecular flexibility index (Phi) is 5.71.